The first-order valence-electron chi connectivity index (χ1n) is 8.86. The van der Waals surface area contributed by atoms with E-state index in [2.05, 4.69) is 20.7 Å². The smallest absolute Gasteiger partial charge is 0.290 e. The van der Waals surface area contributed by atoms with Crippen LogP contribution in [0.4, 0.5) is 0 Å². The maximum Gasteiger partial charge on any atom is 0.290 e. The van der Waals surface area contributed by atoms with Crippen LogP contribution in [0, 0.1) is 5.92 Å². The predicted octanol–water partition coefficient (Wildman–Crippen LogP) is 3.15. The molecule has 4 rings (SSSR count). The van der Waals surface area contributed by atoms with Crippen LogP contribution in [0.3, 0.4) is 0 Å². The summed E-state index contributed by atoms with van der Waals surface area (Å²) in [5.41, 5.74) is 0.888. The van der Waals surface area contributed by atoms with Crippen molar-refractivity contribution in [3.05, 3.63) is 53.7 Å². The topological polar surface area (TPSA) is 71.8 Å². The van der Waals surface area contributed by atoms with Gasteiger partial charge in [-0.15, -0.1) is 28.8 Å². The molecule has 8 heteroatoms. The lowest BCUT2D eigenvalue weighted by atomic mass is 10.1. The van der Waals surface area contributed by atoms with Gasteiger partial charge in [0.2, 0.25) is 5.82 Å². The Morgan fingerprint density at radius 2 is 2.11 bits per heavy atom. The predicted molar refractivity (Wildman–Crippen MR) is 110 cm³/mol. The van der Waals surface area contributed by atoms with E-state index in [1.807, 2.05) is 47.8 Å². The molecule has 1 amide bonds. The molecule has 1 fully saturated rings. The van der Waals surface area contributed by atoms with Gasteiger partial charge in [-0.05, 0) is 55.4 Å². The molecule has 1 aliphatic heterocycles. The van der Waals surface area contributed by atoms with Gasteiger partial charge in [-0.3, -0.25) is 4.79 Å². The number of nitrogens with zero attached hydrogens (tertiary/aromatic N) is 3. The van der Waals surface area contributed by atoms with Gasteiger partial charge in [-0.2, -0.15) is 0 Å². The van der Waals surface area contributed by atoms with E-state index < -0.39 is 0 Å². The Labute approximate surface area is 168 Å². The zero-order chi connectivity index (χ0) is 17.8. The monoisotopic (exact) mass is 403 g/mol. The summed E-state index contributed by atoms with van der Waals surface area (Å²) in [4.78, 5) is 18.0. The Kier molecular flexibility index (Phi) is 6.60. The fourth-order valence-corrected chi connectivity index (χ4v) is 3.85. The van der Waals surface area contributed by atoms with Crippen LogP contribution in [-0.2, 0) is 0 Å². The van der Waals surface area contributed by atoms with Crippen molar-refractivity contribution in [2.75, 3.05) is 19.6 Å². The fraction of sp³-hybridized carbons (Fsp3) is 0.316. The van der Waals surface area contributed by atoms with Crippen molar-refractivity contribution < 1.29 is 4.79 Å². The minimum atomic E-state index is -0.219. The number of carbonyl (C=O) groups excluding carboxylic acids is 1. The molecule has 0 aliphatic carbocycles. The number of benzene rings is 1. The average molecular weight is 404 g/mol. The molecule has 1 saturated heterocycles. The molecule has 27 heavy (non-hydrogen) atoms. The number of thiophene rings is 1. The number of hydrogen-bond acceptors (Lipinski definition) is 5. The molecule has 142 valence electrons. The quantitative estimate of drug-likeness (QED) is 0.663. The van der Waals surface area contributed by atoms with Gasteiger partial charge < -0.3 is 10.6 Å². The minimum absolute atomic E-state index is 0. The van der Waals surface area contributed by atoms with Crippen LogP contribution in [0.2, 0.25) is 0 Å². The number of amides is 1. The van der Waals surface area contributed by atoms with Crippen LogP contribution in [0.1, 0.15) is 23.5 Å². The summed E-state index contributed by atoms with van der Waals surface area (Å²) in [6.07, 6.45) is 2.16. The van der Waals surface area contributed by atoms with Crippen molar-refractivity contribution in [3.8, 4) is 16.4 Å². The fourth-order valence-electron chi connectivity index (χ4n) is 3.15. The van der Waals surface area contributed by atoms with Gasteiger partial charge in [0.1, 0.15) is 0 Å². The number of rotatable bonds is 6. The van der Waals surface area contributed by atoms with Gasteiger partial charge in [0.25, 0.3) is 5.91 Å². The molecule has 1 aliphatic rings. The SMILES string of the molecule is Cl.O=C(NCCC1CCNC1)c1nc(-c2cccs2)n(-c2ccccc2)n1. The second-order valence-corrected chi connectivity index (χ2v) is 7.33. The Balaban J connectivity index is 0.00000210. The number of halogens is 1. The van der Waals surface area contributed by atoms with E-state index in [1.54, 1.807) is 16.0 Å². The van der Waals surface area contributed by atoms with Crippen molar-refractivity contribution in [1.82, 2.24) is 25.4 Å². The molecular formula is C19H22ClN5OS. The van der Waals surface area contributed by atoms with Gasteiger partial charge in [-0.1, -0.05) is 24.3 Å². The molecule has 0 saturated carbocycles. The summed E-state index contributed by atoms with van der Waals surface area (Å²) in [6, 6.07) is 13.7. The maximum absolute atomic E-state index is 12.5. The van der Waals surface area contributed by atoms with Crippen LogP contribution in [0.25, 0.3) is 16.4 Å². The highest BCUT2D eigenvalue weighted by Crippen LogP contribution is 2.25. The zero-order valence-corrected chi connectivity index (χ0v) is 16.4. The Morgan fingerprint density at radius 3 is 2.81 bits per heavy atom. The normalized spacial score (nSPS) is 16.1. The average Bonchev–Trinajstić information content (AvgIpc) is 3.42. The highest BCUT2D eigenvalue weighted by atomic mass is 35.5. The van der Waals surface area contributed by atoms with Crippen LogP contribution in [0.5, 0.6) is 0 Å². The minimum Gasteiger partial charge on any atom is -0.349 e. The number of hydrogen-bond donors (Lipinski definition) is 2. The Morgan fingerprint density at radius 1 is 1.26 bits per heavy atom. The number of nitrogens with one attached hydrogen (secondary N) is 2. The molecule has 2 aromatic heterocycles. The van der Waals surface area contributed by atoms with E-state index in [0.29, 0.717) is 18.3 Å². The molecule has 0 radical (unpaired) electrons. The first-order chi connectivity index (χ1) is 12.8. The molecule has 2 N–H and O–H groups in total. The zero-order valence-electron chi connectivity index (χ0n) is 14.8. The lowest BCUT2D eigenvalue weighted by molar-refractivity contribution is 0.0941. The largest absolute Gasteiger partial charge is 0.349 e. The molecule has 0 bridgehead atoms. The molecule has 1 aromatic carbocycles. The van der Waals surface area contributed by atoms with Crippen LogP contribution < -0.4 is 10.6 Å². The summed E-state index contributed by atoms with van der Waals surface area (Å²) >= 11 is 1.58. The summed E-state index contributed by atoms with van der Waals surface area (Å²) in [5, 5.41) is 12.8. The highest BCUT2D eigenvalue weighted by Gasteiger charge is 2.20. The van der Waals surface area contributed by atoms with Crippen molar-refractivity contribution >= 4 is 29.7 Å². The van der Waals surface area contributed by atoms with Crippen LogP contribution in [0.15, 0.2) is 47.8 Å². The molecule has 3 aromatic rings. The van der Waals surface area contributed by atoms with Gasteiger partial charge in [0.15, 0.2) is 5.82 Å². The lowest BCUT2D eigenvalue weighted by Gasteiger charge is -2.07. The van der Waals surface area contributed by atoms with E-state index in [9.17, 15) is 4.79 Å². The molecular weight excluding hydrogens is 382 g/mol. The third-order valence-corrected chi connectivity index (χ3v) is 5.42. The maximum atomic E-state index is 12.5. The third-order valence-electron chi connectivity index (χ3n) is 4.55. The summed E-state index contributed by atoms with van der Waals surface area (Å²) in [5.74, 6) is 1.33. The number of para-hydroxylation sites is 1. The molecule has 1 atom stereocenters. The van der Waals surface area contributed by atoms with Crippen molar-refractivity contribution in [2.24, 2.45) is 5.92 Å². The van der Waals surface area contributed by atoms with Gasteiger partial charge in [0.05, 0.1) is 10.6 Å². The van der Waals surface area contributed by atoms with E-state index in [-0.39, 0.29) is 24.1 Å². The second-order valence-electron chi connectivity index (χ2n) is 6.39. The van der Waals surface area contributed by atoms with E-state index in [0.717, 1.165) is 30.1 Å². The number of aromatic nitrogens is 3. The highest BCUT2D eigenvalue weighted by molar-refractivity contribution is 7.13. The summed E-state index contributed by atoms with van der Waals surface area (Å²) < 4.78 is 1.74. The van der Waals surface area contributed by atoms with Gasteiger partial charge in [-0.25, -0.2) is 9.67 Å². The molecule has 6 nitrogen and oxygen atoms in total. The molecule has 1 unspecified atom stereocenters. The van der Waals surface area contributed by atoms with Crippen molar-refractivity contribution in [3.63, 3.8) is 0 Å². The third kappa shape index (κ3) is 4.55. The van der Waals surface area contributed by atoms with Crippen molar-refractivity contribution in [2.45, 2.75) is 12.8 Å². The first kappa shape index (κ1) is 19.5. The molecule has 3 heterocycles. The molecule has 0 spiro atoms. The van der Waals surface area contributed by atoms with Crippen LogP contribution >= 0.6 is 23.7 Å². The lowest BCUT2D eigenvalue weighted by Crippen LogP contribution is -2.27. The van der Waals surface area contributed by atoms with Gasteiger partial charge in [0, 0.05) is 6.54 Å². The Bertz CT molecular complexity index is 860. The van der Waals surface area contributed by atoms with Crippen molar-refractivity contribution in [1.29, 1.82) is 0 Å². The summed E-state index contributed by atoms with van der Waals surface area (Å²) in [6.45, 7) is 2.77. The van der Waals surface area contributed by atoms with Crippen LogP contribution in [-0.4, -0.2) is 40.3 Å². The van der Waals surface area contributed by atoms with E-state index >= 15 is 0 Å². The van der Waals surface area contributed by atoms with E-state index in [4.69, 9.17) is 0 Å². The first-order valence-corrected chi connectivity index (χ1v) is 9.74. The van der Waals surface area contributed by atoms with Gasteiger partial charge >= 0.3 is 0 Å². The Hall–Kier alpha value is -2.22. The van der Waals surface area contributed by atoms with E-state index in [1.165, 1.54) is 6.42 Å². The number of carbonyl (C=O) groups is 1. The standard InChI is InChI=1S/C19H21N5OS.ClH/c25-19(21-11-9-14-8-10-20-13-14)17-22-18(16-7-4-12-26-16)24(23-17)15-5-2-1-3-6-15;/h1-7,12,14,20H,8-11,13H2,(H,21,25);1H. The summed E-state index contributed by atoms with van der Waals surface area (Å²) in [7, 11) is 0. The second kappa shape index (κ2) is 9.12.